The first kappa shape index (κ1) is 20.4. The quantitative estimate of drug-likeness (QED) is 0.370. The minimum atomic E-state index is 0.132. The first-order valence-electron chi connectivity index (χ1n) is 9.98. The molecule has 5 nitrogen and oxygen atoms in total. The molecule has 0 fully saturated rings. The lowest BCUT2D eigenvalue weighted by Gasteiger charge is -2.19. The summed E-state index contributed by atoms with van der Waals surface area (Å²) in [6.07, 6.45) is 0. The van der Waals surface area contributed by atoms with E-state index in [0.717, 1.165) is 33.6 Å². The third kappa shape index (κ3) is 4.19. The molecular formula is C24H26N4OS. The molecule has 4 aromatic rings. The molecule has 2 heterocycles. The number of oxazole rings is 1. The number of thioether (sulfide) groups is 1. The van der Waals surface area contributed by atoms with Crippen LogP contribution in [0.4, 0.5) is 0 Å². The maximum absolute atomic E-state index is 5.87. The van der Waals surface area contributed by atoms with Crippen molar-refractivity contribution in [3.63, 3.8) is 0 Å². The molecule has 0 radical (unpaired) electrons. The zero-order chi connectivity index (χ0) is 21.3. The van der Waals surface area contributed by atoms with E-state index >= 15 is 0 Å². The van der Waals surface area contributed by atoms with Gasteiger partial charge in [-0.2, -0.15) is 0 Å². The summed E-state index contributed by atoms with van der Waals surface area (Å²) in [5.41, 5.74) is 4.41. The minimum Gasteiger partial charge on any atom is -0.441 e. The van der Waals surface area contributed by atoms with Gasteiger partial charge in [-0.1, -0.05) is 75.0 Å². The molecule has 2 aromatic carbocycles. The fourth-order valence-electron chi connectivity index (χ4n) is 3.21. The highest BCUT2D eigenvalue weighted by molar-refractivity contribution is 7.98. The molecule has 154 valence electrons. The van der Waals surface area contributed by atoms with E-state index < -0.39 is 0 Å². The molecule has 0 aliphatic heterocycles. The molecule has 30 heavy (non-hydrogen) atoms. The number of benzene rings is 2. The average Bonchev–Trinajstić information content (AvgIpc) is 3.29. The van der Waals surface area contributed by atoms with E-state index in [-0.39, 0.29) is 5.41 Å². The Bertz CT molecular complexity index is 1140. The lowest BCUT2D eigenvalue weighted by Crippen LogP contribution is -2.10. The number of hydrogen-bond donors (Lipinski definition) is 0. The number of rotatable bonds is 5. The Morgan fingerprint density at radius 2 is 1.63 bits per heavy atom. The van der Waals surface area contributed by atoms with Gasteiger partial charge in [0.05, 0.1) is 5.69 Å². The molecule has 0 saturated heterocycles. The molecule has 4 rings (SSSR count). The number of aromatic nitrogens is 4. The van der Waals surface area contributed by atoms with Crippen LogP contribution in [0.2, 0.25) is 0 Å². The van der Waals surface area contributed by atoms with E-state index in [4.69, 9.17) is 4.42 Å². The predicted molar refractivity (Wildman–Crippen MR) is 121 cm³/mol. The van der Waals surface area contributed by atoms with Crippen LogP contribution in [0, 0.1) is 6.92 Å². The van der Waals surface area contributed by atoms with Crippen molar-refractivity contribution in [1.82, 2.24) is 19.7 Å². The van der Waals surface area contributed by atoms with Crippen molar-refractivity contribution in [2.75, 3.05) is 0 Å². The standard InChI is InChI=1S/C24H26N4OS/c1-16-20(25-22(29-16)18-9-7-6-8-10-18)15-30-23-27-26-21(28(23)5)17-11-13-19(14-12-17)24(2,3)4/h6-14H,15H2,1-5H3. The molecule has 0 aliphatic carbocycles. The van der Waals surface area contributed by atoms with Crippen molar-refractivity contribution in [2.24, 2.45) is 7.05 Å². The Labute approximate surface area is 181 Å². The van der Waals surface area contributed by atoms with Crippen LogP contribution in [0.5, 0.6) is 0 Å². The van der Waals surface area contributed by atoms with Gasteiger partial charge in [0, 0.05) is 23.9 Å². The first-order chi connectivity index (χ1) is 14.3. The Kier molecular flexibility index (Phi) is 5.52. The molecular weight excluding hydrogens is 392 g/mol. The number of aryl methyl sites for hydroxylation is 1. The Balaban J connectivity index is 1.50. The Morgan fingerprint density at radius 1 is 0.933 bits per heavy atom. The second-order valence-electron chi connectivity index (χ2n) is 8.37. The van der Waals surface area contributed by atoms with E-state index in [1.807, 2.05) is 48.9 Å². The summed E-state index contributed by atoms with van der Waals surface area (Å²) >= 11 is 1.61. The van der Waals surface area contributed by atoms with Crippen LogP contribution in [-0.4, -0.2) is 19.7 Å². The van der Waals surface area contributed by atoms with Gasteiger partial charge >= 0.3 is 0 Å². The van der Waals surface area contributed by atoms with Gasteiger partial charge in [-0.25, -0.2) is 4.98 Å². The van der Waals surface area contributed by atoms with Crippen LogP contribution in [0.1, 0.15) is 37.8 Å². The van der Waals surface area contributed by atoms with Crippen LogP contribution < -0.4 is 0 Å². The molecule has 0 amide bonds. The van der Waals surface area contributed by atoms with E-state index in [0.29, 0.717) is 11.6 Å². The van der Waals surface area contributed by atoms with Gasteiger partial charge in [0.15, 0.2) is 11.0 Å². The second-order valence-corrected chi connectivity index (χ2v) is 9.31. The molecule has 0 spiro atoms. The topological polar surface area (TPSA) is 56.7 Å². The van der Waals surface area contributed by atoms with Crippen LogP contribution in [-0.2, 0) is 18.2 Å². The third-order valence-electron chi connectivity index (χ3n) is 5.10. The molecule has 0 aliphatic rings. The highest BCUT2D eigenvalue weighted by Gasteiger charge is 2.17. The van der Waals surface area contributed by atoms with Gasteiger partial charge in [-0.3, -0.25) is 0 Å². The van der Waals surface area contributed by atoms with Gasteiger partial charge < -0.3 is 8.98 Å². The largest absolute Gasteiger partial charge is 0.441 e. The monoisotopic (exact) mass is 418 g/mol. The van der Waals surface area contributed by atoms with Gasteiger partial charge in [0.2, 0.25) is 5.89 Å². The lowest BCUT2D eigenvalue weighted by molar-refractivity contribution is 0.540. The predicted octanol–water partition coefficient (Wildman–Crippen LogP) is 6.04. The summed E-state index contributed by atoms with van der Waals surface area (Å²) in [5.74, 6) is 3.03. The molecule has 0 N–H and O–H groups in total. The maximum atomic E-state index is 5.87. The molecule has 0 bridgehead atoms. The zero-order valence-corrected chi connectivity index (χ0v) is 18.8. The molecule has 0 unspecified atom stereocenters. The van der Waals surface area contributed by atoms with Crippen molar-refractivity contribution >= 4 is 11.8 Å². The number of hydrogen-bond acceptors (Lipinski definition) is 5. The van der Waals surface area contributed by atoms with E-state index in [2.05, 4.69) is 60.2 Å². The van der Waals surface area contributed by atoms with Crippen molar-refractivity contribution in [1.29, 1.82) is 0 Å². The molecule has 0 atom stereocenters. The van der Waals surface area contributed by atoms with Crippen molar-refractivity contribution in [3.8, 4) is 22.8 Å². The number of nitrogens with zero attached hydrogens (tertiary/aromatic N) is 4. The van der Waals surface area contributed by atoms with Crippen LogP contribution in [0.15, 0.2) is 64.2 Å². The normalized spacial score (nSPS) is 11.8. The third-order valence-corrected chi connectivity index (χ3v) is 6.13. The minimum absolute atomic E-state index is 0.132. The SMILES string of the molecule is Cc1oc(-c2ccccc2)nc1CSc1nnc(-c2ccc(C(C)(C)C)cc2)n1C. The van der Waals surface area contributed by atoms with Gasteiger partial charge in [0.1, 0.15) is 5.76 Å². The molecule has 2 aromatic heterocycles. The summed E-state index contributed by atoms with van der Waals surface area (Å²) in [5, 5.41) is 9.66. The van der Waals surface area contributed by atoms with Crippen molar-refractivity contribution < 1.29 is 4.42 Å². The van der Waals surface area contributed by atoms with E-state index in [9.17, 15) is 0 Å². The van der Waals surface area contributed by atoms with Crippen molar-refractivity contribution in [3.05, 3.63) is 71.6 Å². The average molecular weight is 419 g/mol. The second kappa shape index (κ2) is 8.11. The van der Waals surface area contributed by atoms with Gasteiger partial charge in [-0.15, -0.1) is 10.2 Å². The fraction of sp³-hybridized carbons (Fsp3) is 0.292. The zero-order valence-electron chi connectivity index (χ0n) is 18.0. The summed E-state index contributed by atoms with van der Waals surface area (Å²) in [7, 11) is 2.00. The van der Waals surface area contributed by atoms with E-state index in [1.165, 1.54) is 5.56 Å². The van der Waals surface area contributed by atoms with Crippen LogP contribution in [0.3, 0.4) is 0 Å². The summed E-state index contributed by atoms with van der Waals surface area (Å²) in [6, 6.07) is 18.5. The highest BCUT2D eigenvalue weighted by Crippen LogP contribution is 2.29. The highest BCUT2D eigenvalue weighted by atomic mass is 32.2. The van der Waals surface area contributed by atoms with Gasteiger partial charge in [-0.05, 0) is 30.0 Å². The van der Waals surface area contributed by atoms with Crippen molar-refractivity contribution in [2.45, 2.75) is 44.0 Å². The molecule has 0 saturated carbocycles. The van der Waals surface area contributed by atoms with Gasteiger partial charge in [0.25, 0.3) is 0 Å². The van der Waals surface area contributed by atoms with E-state index in [1.54, 1.807) is 11.8 Å². The summed E-state index contributed by atoms with van der Waals surface area (Å²) < 4.78 is 7.90. The summed E-state index contributed by atoms with van der Waals surface area (Å²) in [4.78, 5) is 4.68. The maximum Gasteiger partial charge on any atom is 0.226 e. The lowest BCUT2D eigenvalue weighted by atomic mass is 9.87. The van der Waals surface area contributed by atoms with Crippen LogP contribution in [0.25, 0.3) is 22.8 Å². The summed E-state index contributed by atoms with van der Waals surface area (Å²) in [6.45, 7) is 8.60. The molecule has 6 heteroatoms. The first-order valence-corrected chi connectivity index (χ1v) is 11.0. The Morgan fingerprint density at radius 3 is 2.30 bits per heavy atom. The Hall–Kier alpha value is -2.86. The fourth-order valence-corrected chi connectivity index (χ4v) is 4.12. The smallest absolute Gasteiger partial charge is 0.226 e. The van der Waals surface area contributed by atoms with Crippen LogP contribution >= 0.6 is 11.8 Å².